The summed E-state index contributed by atoms with van der Waals surface area (Å²) in [4.78, 5) is 14.8. The summed E-state index contributed by atoms with van der Waals surface area (Å²) in [6, 6.07) is 5.96. The number of nitrogens with one attached hydrogen (secondary N) is 1. The fraction of sp³-hybridized carbons (Fsp3) is 0.308. The van der Waals surface area contributed by atoms with E-state index in [0.29, 0.717) is 5.95 Å². The van der Waals surface area contributed by atoms with Gasteiger partial charge in [0.05, 0.1) is 0 Å². The molecule has 0 aromatic carbocycles. The van der Waals surface area contributed by atoms with E-state index < -0.39 is 0 Å². The molecular weight excluding hydrogens is 226 g/mol. The fourth-order valence-electron chi connectivity index (χ4n) is 1.71. The molecule has 0 bridgehead atoms. The second kappa shape index (κ2) is 5.95. The van der Waals surface area contributed by atoms with Crippen LogP contribution in [-0.2, 0) is 6.54 Å². The molecule has 0 fully saturated rings. The molecule has 18 heavy (non-hydrogen) atoms. The lowest BCUT2D eigenvalue weighted by Crippen LogP contribution is -2.23. The predicted molar refractivity (Wildman–Crippen MR) is 72.5 cm³/mol. The second-order valence-corrected chi connectivity index (χ2v) is 3.86. The molecule has 0 spiro atoms. The number of rotatable bonds is 5. The minimum atomic E-state index is 0.640. The highest BCUT2D eigenvalue weighted by molar-refractivity contribution is 5.42. The molecule has 2 aromatic rings. The molecule has 0 radical (unpaired) electrons. The number of hydrogen-bond acceptors (Lipinski definition) is 5. The molecule has 0 saturated heterocycles. The average Bonchev–Trinajstić information content (AvgIpc) is 2.46. The molecule has 2 rings (SSSR count). The molecule has 0 unspecified atom stereocenters. The van der Waals surface area contributed by atoms with Gasteiger partial charge in [-0.05, 0) is 30.7 Å². The molecule has 5 heteroatoms. The van der Waals surface area contributed by atoms with E-state index in [-0.39, 0.29) is 0 Å². The zero-order valence-corrected chi connectivity index (χ0v) is 10.7. The SMILES string of the molecule is CCN(Cc1ccncc1)c1ccnc(NC)n1. The van der Waals surface area contributed by atoms with E-state index in [0.717, 1.165) is 18.9 Å². The molecule has 5 nitrogen and oxygen atoms in total. The van der Waals surface area contributed by atoms with Gasteiger partial charge in [0.2, 0.25) is 5.95 Å². The van der Waals surface area contributed by atoms with Crippen LogP contribution in [0.4, 0.5) is 11.8 Å². The van der Waals surface area contributed by atoms with Gasteiger partial charge in [0.25, 0.3) is 0 Å². The average molecular weight is 243 g/mol. The Labute approximate surface area is 107 Å². The van der Waals surface area contributed by atoms with E-state index in [1.165, 1.54) is 5.56 Å². The van der Waals surface area contributed by atoms with Gasteiger partial charge in [-0.2, -0.15) is 4.98 Å². The van der Waals surface area contributed by atoms with Crippen molar-refractivity contribution in [3.05, 3.63) is 42.4 Å². The molecule has 2 heterocycles. The fourth-order valence-corrected chi connectivity index (χ4v) is 1.71. The molecule has 0 aliphatic carbocycles. The van der Waals surface area contributed by atoms with Crippen molar-refractivity contribution in [1.82, 2.24) is 15.0 Å². The van der Waals surface area contributed by atoms with Crippen LogP contribution in [0.1, 0.15) is 12.5 Å². The van der Waals surface area contributed by atoms with Gasteiger partial charge in [0, 0.05) is 38.7 Å². The first-order valence-corrected chi connectivity index (χ1v) is 5.98. The summed E-state index contributed by atoms with van der Waals surface area (Å²) in [5.41, 5.74) is 1.22. The molecule has 0 atom stereocenters. The van der Waals surface area contributed by atoms with Crippen molar-refractivity contribution < 1.29 is 0 Å². The van der Waals surface area contributed by atoms with Crippen molar-refractivity contribution in [3.8, 4) is 0 Å². The van der Waals surface area contributed by atoms with Crippen LogP contribution >= 0.6 is 0 Å². The third-order valence-electron chi connectivity index (χ3n) is 2.69. The summed E-state index contributed by atoms with van der Waals surface area (Å²) in [6.07, 6.45) is 5.38. The van der Waals surface area contributed by atoms with Crippen LogP contribution in [0.3, 0.4) is 0 Å². The van der Waals surface area contributed by atoms with Crippen molar-refractivity contribution >= 4 is 11.8 Å². The minimum absolute atomic E-state index is 0.640. The first kappa shape index (κ1) is 12.3. The second-order valence-electron chi connectivity index (χ2n) is 3.86. The Balaban J connectivity index is 2.17. The van der Waals surface area contributed by atoms with Gasteiger partial charge >= 0.3 is 0 Å². The molecule has 94 valence electrons. The van der Waals surface area contributed by atoms with E-state index >= 15 is 0 Å². The first-order chi connectivity index (χ1) is 8.83. The van der Waals surface area contributed by atoms with Gasteiger partial charge in [-0.25, -0.2) is 4.98 Å². The van der Waals surface area contributed by atoms with E-state index in [2.05, 4.69) is 32.1 Å². The molecular formula is C13H17N5. The van der Waals surface area contributed by atoms with Gasteiger partial charge in [0.15, 0.2) is 0 Å². The Morgan fingerprint density at radius 2 is 1.94 bits per heavy atom. The summed E-state index contributed by atoms with van der Waals surface area (Å²) in [6.45, 7) is 3.82. The summed E-state index contributed by atoms with van der Waals surface area (Å²) >= 11 is 0. The van der Waals surface area contributed by atoms with E-state index in [1.54, 1.807) is 6.20 Å². The quantitative estimate of drug-likeness (QED) is 0.869. The molecule has 0 amide bonds. The van der Waals surface area contributed by atoms with Crippen molar-refractivity contribution in [3.63, 3.8) is 0 Å². The van der Waals surface area contributed by atoms with Crippen molar-refractivity contribution in [2.45, 2.75) is 13.5 Å². The minimum Gasteiger partial charge on any atom is -0.357 e. The number of anilines is 2. The summed E-state index contributed by atoms with van der Waals surface area (Å²) in [5, 5.41) is 2.95. The highest BCUT2D eigenvalue weighted by Gasteiger charge is 2.07. The van der Waals surface area contributed by atoms with Crippen LogP contribution in [-0.4, -0.2) is 28.5 Å². The summed E-state index contributed by atoms with van der Waals surface area (Å²) < 4.78 is 0. The third-order valence-corrected chi connectivity index (χ3v) is 2.69. The predicted octanol–water partition coefficient (Wildman–Crippen LogP) is 1.94. The van der Waals surface area contributed by atoms with Crippen LogP contribution < -0.4 is 10.2 Å². The lowest BCUT2D eigenvalue weighted by Gasteiger charge is -2.22. The zero-order chi connectivity index (χ0) is 12.8. The van der Waals surface area contributed by atoms with Gasteiger partial charge < -0.3 is 10.2 Å². The Morgan fingerprint density at radius 1 is 1.17 bits per heavy atom. The van der Waals surface area contributed by atoms with Crippen LogP contribution in [0.5, 0.6) is 0 Å². The van der Waals surface area contributed by atoms with Gasteiger partial charge in [0.1, 0.15) is 5.82 Å². The first-order valence-electron chi connectivity index (χ1n) is 5.98. The highest BCUT2D eigenvalue weighted by Crippen LogP contribution is 2.14. The summed E-state index contributed by atoms with van der Waals surface area (Å²) in [7, 11) is 1.82. The number of nitrogens with zero attached hydrogens (tertiary/aromatic N) is 4. The zero-order valence-electron chi connectivity index (χ0n) is 10.7. The molecule has 2 aromatic heterocycles. The third kappa shape index (κ3) is 2.94. The van der Waals surface area contributed by atoms with Crippen LogP contribution in [0, 0.1) is 0 Å². The van der Waals surface area contributed by atoms with E-state index in [9.17, 15) is 0 Å². The Morgan fingerprint density at radius 3 is 2.61 bits per heavy atom. The lowest BCUT2D eigenvalue weighted by atomic mass is 10.2. The van der Waals surface area contributed by atoms with E-state index in [1.807, 2.05) is 37.6 Å². The Bertz CT molecular complexity index is 486. The number of pyridine rings is 1. The maximum absolute atomic E-state index is 4.45. The largest absolute Gasteiger partial charge is 0.357 e. The topological polar surface area (TPSA) is 53.9 Å². The van der Waals surface area contributed by atoms with Crippen molar-refractivity contribution in [1.29, 1.82) is 0 Å². The smallest absolute Gasteiger partial charge is 0.224 e. The normalized spacial score (nSPS) is 10.1. The van der Waals surface area contributed by atoms with Gasteiger partial charge in [-0.15, -0.1) is 0 Å². The standard InChI is InChI=1S/C13H17N5/c1-3-18(10-11-4-7-15-8-5-11)12-6-9-16-13(14-2)17-12/h4-9H,3,10H2,1-2H3,(H,14,16,17). The molecule has 1 N–H and O–H groups in total. The van der Waals surface area contributed by atoms with Crippen LogP contribution in [0.25, 0.3) is 0 Å². The van der Waals surface area contributed by atoms with Crippen molar-refractivity contribution in [2.24, 2.45) is 0 Å². The molecule has 0 saturated carbocycles. The van der Waals surface area contributed by atoms with Crippen LogP contribution in [0.2, 0.25) is 0 Å². The monoisotopic (exact) mass is 243 g/mol. The number of hydrogen-bond donors (Lipinski definition) is 1. The van der Waals surface area contributed by atoms with Gasteiger partial charge in [-0.3, -0.25) is 4.98 Å². The van der Waals surface area contributed by atoms with E-state index in [4.69, 9.17) is 0 Å². The lowest BCUT2D eigenvalue weighted by molar-refractivity contribution is 0.810. The Kier molecular flexibility index (Phi) is 4.06. The Hall–Kier alpha value is -2.17. The maximum Gasteiger partial charge on any atom is 0.224 e. The summed E-state index contributed by atoms with van der Waals surface area (Å²) in [5.74, 6) is 1.56. The highest BCUT2D eigenvalue weighted by atomic mass is 15.2. The number of aromatic nitrogens is 3. The maximum atomic E-state index is 4.45. The van der Waals surface area contributed by atoms with Gasteiger partial charge in [-0.1, -0.05) is 0 Å². The van der Waals surface area contributed by atoms with Crippen molar-refractivity contribution in [2.75, 3.05) is 23.8 Å². The molecule has 0 aliphatic heterocycles. The molecule has 0 aliphatic rings. The van der Waals surface area contributed by atoms with Crippen LogP contribution in [0.15, 0.2) is 36.8 Å².